The van der Waals surface area contributed by atoms with Gasteiger partial charge in [-0.2, -0.15) is 0 Å². The highest BCUT2D eigenvalue weighted by Crippen LogP contribution is 2.28. The van der Waals surface area contributed by atoms with Gasteiger partial charge in [-0.05, 0) is 49.6 Å². The van der Waals surface area contributed by atoms with E-state index in [-0.39, 0.29) is 5.82 Å². The maximum absolute atomic E-state index is 13.3. The average molecular weight is 327 g/mol. The Labute approximate surface area is 122 Å². The van der Waals surface area contributed by atoms with Gasteiger partial charge in [0.15, 0.2) is 0 Å². The van der Waals surface area contributed by atoms with E-state index < -0.39 is 0 Å². The van der Waals surface area contributed by atoms with Gasteiger partial charge >= 0.3 is 0 Å². The third-order valence-corrected chi connectivity index (χ3v) is 4.93. The van der Waals surface area contributed by atoms with Gasteiger partial charge in [0.05, 0.1) is 0 Å². The number of hydrogen-bond acceptors (Lipinski definition) is 2. The summed E-state index contributed by atoms with van der Waals surface area (Å²) in [5.74, 6) is -0.143. The van der Waals surface area contributed by atoms with E-state index in [1.807, 2.05) is 6.07 Å². The zero-order valence-corrected chi connectivity index (χ0v) is 12.7. The molecule has 0 spiro atoms. The highest BCUT2D eigenvalue weighted by molar-refractivity contribution is 9.08. The van der Waals surface area contributed by atoms with Crippen LogP contribution < -0.4 is 4.90 Å². The minimum absolute atomic E-state index is 0.143. The first-order chi connectivity index (χ1) is 9.28. The Bertz CT molecular complexity index is 452. The predicted octanol–water partition coefficient (Wildman–Crippen LogP) is 3.40. The largest absolute Gasteiger partial charge is 0.370 e. The number of fused-ring (bicyclic) bond motifs is 1. The lowest BCUT2D eigenvalue weighted by Gasteiger charge is -2.28. The predicted molar refractivity (Wildman–Crippen MR) is 80.5 cm³/mol. The van der Waals surface area contributed by atoms with Crippen molar-refractivity contribution in [2.24, 2.45) is 0 Å². The molecule has 2 saturated heterocycles. The van der Waals surface area contributed by atoms with Crippen molar-refractivity contribution in [3.05, 3.63) is 29.6 Å². The van der Waals surface area contributed by atoms with Crippen LogP contribution in [0.4, 0.5) is 10.1 Å². The minimum atomic E-state index is -0.143. The summed E-state index contributed by atoms with van der Waals surface area (Å²) < 4.78 is 13.3. The summed E-state index contributed by atoms with van der Waals surface area (Å²) in [5.41, 5.74) is 2.26. The lowest BCUT2D eigenvalue weighted by atomic mass is 10.1. The van der Waals surface area contributed by atoms with E-state index in [9.17, 15) is 4.39 Å². The Morgan fingerprint density at radius 3 is 2.89 bits per heavy atom. The fourth-order valence-electron chi connectivity index (χ4n) is 3.40. The monoisotopic (exact) mass is 326 g/mol. The van der Waals surface area contributed by atoms with Crippen LogP contribution in [0.1, 0.15) is 24.8 Å². The highest BCUT2D eigenvalue weighted by Gasteiger charge is 2.29. The molecular formula is C15H20BrFN2. The van der Waals surface area contributed by atoms with Gasteiger partial charge in [-0.25, -0.2) is 4.39 Å². The Kier molecular flexibility index (Phi) is 4.08. The lowest BCUT2D eigenvalue weighted by Crippen LogP contribution is -2.36. The molecule has 0 aromatic heterocycles. The fraction of sp³-hybridized carbons (Fsp3) is 0.600. The van der Waals surface area contributed by atoms with E-state index in [0.717, 1.165) is 18.7 Å². The van der Waals surface area contributed by atoms with E-state index >= 15 is 0 Å². The molecule has 2 nitrogen and oxygen atoms in total. The Hall–Kier alpha value is -0.610. The van der Waals surface area contributed by atoms with E-state index in [4.69, 9.17) is 0 Å². The zero-order chi connectivity index (χ0) is 13.2. The summed E-state index contributed by atoms with van der Waals surface area (Å²) in [7, 11) is 0. The first-order valence-electron chi connectivity index (χ1n) is 7.11. The maximum Gasteiger partial charge on any atom is 0.123 e. The van der Waals surface area contributed by atoms with Gasteiger partial charge in [0, 0.05) is 36.7 Å². The molecule has 2 fully saturated rings. The molecule has 0 saturated carbocycles. The molecule has 2 heterocycles. The molecule has 1 unspecified atom stereocenters. The van der Waals surface area contributed by atoms with E-state index in [2.05, 4.69) is 25.7 Å². The van der Waals surface area contributed by atoms with E-state index in [0.29, 0.717) is 11.4 Å². The average Bonchev–Trinajstić information content (AvgIpc) is 2.76. The molecule has 2 aliphatic heterocycles. The maximum atomic E-state index is 13.3. The van der Waals surface area contributed by atoms with Crippen molar-refractivity contribution in [2.75, 3.05) is 31.1 Å². The van der Waals surface area contributed by atoms with Crippen LogP contribution in [0.25, 0.3) is 0 Å². The summed E-state index contributed by atoms with van der Waals surface area (Å²) in [4.78, 5) is 5.07. The van der Waals surface area contributed by atoms with Gasteiger partial charge < -0.3 is 4.90 Å². The Morgan fingerprint density at radius 2 is 2.05 bits per heavy atom. The number of alkyl halides is 1. The molecule has 104 valence electrons. The number of nitrogens with zero attached hydrogens (tertiary/aromatic N) is 2. The van der Waals surface area contributed by atoms with Crippen molar-refractivity contribution < 1.29 is 4.39 Å². The lowest BCUT2D eigenvalue weighted by molar-refractivity contribution is 0.273. The summed E-state index contributed by atoms with van der Waals surface area (Å²) in [6.45, 7) is 4.64. The minimum Gasteiger partial charge on any atom is -0.370 e. The molecule has 4 heteroatoms. The topological polar surface area (TPSA) is 6.48 Å². The van der Waals surface area contributed by atoms with Gasteiger partial charge in [0.1, 0.15) is 5.82 Å². The second kappa shape index (κ2) is 5.80. The van der Waals surface area contributed by atoms with Crippen molar-refractivity contribution in [1.29, 1.82) is 0 Å². The molecule has 1 atom stereocenters. The Morgan fingerprint density at radius 1 is 1.21 bits per heavy atom. The van der Waals surface area contributed by atoms with Gasteiger partial charge in [-0.3, -0.25) is 4.90 Å². The molecular weight excluding hydrogens is 307 g/mol. The molecule has 1 aromatic rings. The highest BCUT2D eigenvalue weighted by atomic mass is 79.9. The second-order valence-corrected chi connectivity index (χ2v) is 6.10. The quantitative estimate of drug-likeness (QED) is 0.768. The third kappa shape index (κ3) is 2.79. The Balaban J connectivity index is 1.84. The third-order valence-electron chi connectivity index (χ3n) is 4.33. The SMILES string of the molecule is Fc1ccc(N2CCCN3CCCC3C2)c(CBr)c1. The van der Waals surface area contributed by atoms with Crippen molar-refractivity contribution in [2.45, 2.75) is 30.6 Å². The number of anilines is 1. The van der Waals surface area contributed by atoms with Gasteiger partial charge in [0.2, 0.25) is 0 Å². The van der Waals surface area contributed by atoms with E-state index in [1.165, 1.54) is 38.0 Å². The van der Waals surface area contributed by atoms with Crippen molar-refractivity contribution in [1.82, 2.24) is 4.90 Å². The van der Waals surface area contributed by atoms with Crippen LogP contribution in [0, 0.1) is 5.82 Å². The molecule has 19 heavy (non-hydrogen) atoms. The normalized spacial score (nSPS) is 24.3. The van der Waals surface area contributed by atoms with Gasteiger partial charge in [0.25, 0.3) is 0 Å². The molecule has 1 aromatic carbocycles. The summed E-state index contributed by atoms with van der Waals surface area (Å²) in [5, 5.41) is 0.713. The summed E-state index contributed by atoms with van der Waals surface area (Å²) in [6, 6.07) is 5.87. The molecule has 0 aliphatic carbocycles. The molecule has 0 amide bonds. The van der Waals surface area contributed by atoms with Crippen molar-refractivity contribution >= 4 is 21.6 Å². The zero-order valence-electron chi connectivity index (χ0n) is 11.1. The first-order valence-corrected chi connectivity index (χ1v) is 8.23. The number of hydrogen-bond donors (Lipinski definition) is 0. The van der Waals surface area contributed by atoms with Crippen molar-refractivity contribution in [3.63, 3.8) is 0 Å². The van der Waals surface area contributed by atoms with Crippen LogP contribution in [0.3, 0.4) is 0 Å². The van der Waals surface area contributed by atoms with Crippen molar-refractivity contribution in [3.8, 4) is 0 Å². The smallest absolute Gasteiger partial charge is 0.123 e. The number of halogens is 2. The molecule has 0 N–H and O–H groups in total. The standard InChI is InChI=1S/C15H20BrFN2/c16-10-12-9-13(17)4-5-15(12)19-8-2-7-18-6-1-3-14(18)11-19/h4-5,9,14H,1-3,6-8,10-11H2. The first kappa shape index (κ1) is 13.4. The summed E-state index contributed by atoms with van der Waals surface area (Å²) >= 11 is 3.48. The fourth-order valence-corrected chi connectivity index (χ4v) is 3.84. The molecule has 0 bridgehead atoms. The van der Waals surface area contributed by atoms with Crippen LogP contribution >= 0.6 is 15.9 Å². The van der Waals surface area contributed by atoms with Crippen LogP contribution in [0.5, 0.6) is 0 Å². The van der Waals surface area contributed by atoms with Crippen LogP contribution in [-0.2, 0) is 5.33 Å². The van der Waals surface area contributed by atoms with Crippen LogP contribution in [0.2, 0.25) is 0 Å². The summed E-state index contributed by atoms with van der Waals surface area (Å²) in [6.07, 6.45) is 3.84. The number of benzene rings is 1. The van der Waals surface area contributed by atoms with E-state index in [1.54, 1.807) is 12.1 Å². The van der Waals surface area contributed by atoms with Gasteiger partial charge in [-0.15, -0.1) is 0 Å². The molecule has 2 aliphatic rings. The molecule has 0 radical (unpaired) electrons. The number of rotatable bonds is 2. The molecule has 3 rings (SSSR count). The van der Waals surface area contributed by atoms with Crippen LogP contribution in [-0.4, -0.2) is 37.1 Å². The second-order valence-electron chi connectivity index (χ2n) is 5.54. The van der Waals surface area contributed by atoms with Crippen LogP contribution in [0.15, 0.2) is 18.2 Å². The van der Waals surface area contributed by atoms with Gasteiger partial charge in [-0.1, -0.05) is 15.9 Å².